The molecule has 3 aromatic rings. The van der Waals surface area contributed by atoms with Crippen LogP contribution < -0.4 is 4.90 Å². The first-order chi connectivity index (χ1) is 14.7. The fourth-order valence-electron chi connectivity index (χ4n) is 3.91. The number of ether oxygens (including phenoxy) is 1. The van der Waals surface area contributed by atoms with Crippen molar-refractivity contribution in [3.8, 4) is 0 Å². The highest BCUT2D eigenvalue weighted by Crippen LogP contribution is 2.30. The minimum Gasteiger partial charge on any atom is -0.383 e. The predicted octanol–water partition coefficient (Wildman–Crippen LogP) is 2.59. The summed E-state index contributed by atoms with van der Waals surface area (Å²) in [5.74, 6) is 0.790. The van der Waals surface area contributed by atoms with E-state index in [-0.39, 0.29) is 6.04 Å². The molecule has 8 nitrogen and oxygen atoms in total. The minimum absolute atomic E-state index is 0.110. The van der Waals surface area contributed by atoms with Crippen molar-refractivity contribution in [1.29, 1.82) is 0 Å². The molecule has 0 unspecified atom stereocenters. The van der Waals surface area contributed by atoms with E-state index in [0.29, 0.717) is 13.2 Å². The number of aryl methyl sites for hydroxylation is 1. The molecule has 1 aromatic carbocycles. The second-order valence-electron chi connectivity index (χ2n) is 7.36. The average molecular weight is 428 g/mol. The average Bonchev–Trinajstić information content (AvgIpc) is 3.23. The summed E-state index contributed by atoms with van der Waals surface area (Å²) < 4.78 is 7.04. The number of piperazine rings is 1. The number of aromatic nitrogens is 5. The molecule has 1 aliphatic heterocycles. The van der Waals surface area contributed by atoms with Crippen molar-refractivity contribution >= 4 is 17.3 Å². The Kier molecular flexibility index (Phi) is 6.56. The zero-order valence-corrected chi connectivity index (χ0v) is 18.0. The normalized spacial score (nSPS) is 16.0. The molecule has 1 saturated heterocycles. The SMILES string of the molecule is COCCn1nnnc1[C@@H](c1ccccn1)N1CCN(c2cc(Cl)ccc2C)CC1. The summed E-state index contributed by atoms with van der Waals surface area (Å²) in [6, 6.07) is 11.9. The van der Waals surface area contributed by atoms with E-state index < -0.39 is 0 Å². The number of pyridine rings is 1. The van der Waals surface area contributed by atoms with E-state index in [1.54, 1.807) is 7.11 Å². The second kappa shape index (κ2) is 9.51. The Labute approximate surface area is 181 Å². The van der Waals surface area contributed by atoms with Gasteiger partial charge in [-0.1, -0.05) is 23.7 Å². The molecule has 2 aromatic heterocycles. The van der Waals surface area contributed by atoms with Crippen LogP contribution in [-0.4, -0.2) is 70.0 Å². The van der Waals surface area contributed by atoms with E-state index in [1.165, 1.54) is 11.3 Å². The Hall–Kier alpha value is -2.55. The third-order valence-corrected chi connectivity index (χ3v) is 5.71. The van der Waals surface area contributed by atoms with Gasteiger partial charge in [-0.25, -0.2) is 4.68 Å². The molecule has 3 heterocycles. The molecule has 0 spiro atoms. The Morgan fingerprint density at radius 3 is 2.70 bits per heavy atom. The van der Waals surface area contributed by atoms with Gasteiger partial charge in [-0.3, -0.25) is 9.88 Å². The maximum Gasteiger partial charge on any atom is 0.174 e. The van der Waals surface area contributed by atoms with Crippen molar-refractivity contribution in [3.05, 3.63) is 64.7 Å². The standard InChI is InChI=1S/C21H26ClN7O/c1-16-6-7-17(22)15-19(16)27-9-11-28(12-10-27)20(18-5-3-4-8-23-18)21-24-25-26-29(21)13-14-30-2/h3-8,15,20H,9-14H2,1-2H3/t20-/m1/s1. The van der Waals surface area contributed by atoms with Crippen LogP contribution in [0.2, 0.25) is 5.02 Å². The van der Waals surface area contributed by atoms with Crippen LogP contribution in [0, 0.1) is 6.92 Å². The van der Waals surface area contributed by atoms with Crippen LogP contribution >= 0.6 is 11.6 Å². The zero-order valence-electron chi connectivity index (χ0n) is 17.3. The van der Waals surface area contributed by atoms with Gasteiger partial charge >= 0.3 is 0 Å². The molecule has 9 heteroatoms. The molecule has 30 heavy (non-hydrogen) atoms. The number of anilines is 1. The molecule has 0 amide bonds. The van der Waals surface area contributed by atoms with Crippen LogP contribution in [0.1, 0.15) is 23.1 Å². The Balaban J connectivity index is 1.57. The Bertz CT molecular complexity index is 957. The summed E-state index contributed by atoms with van der Waals surface area (Å²) in [4.78, 5) is 9.41. The van der Waals surface area contributed by atoms with Crippen LogP contribution in [-0.2, 0) is 11.3 Å². The molecule has 0 aliphatic carbocycles. The van der Waals surface area contributed by atoms with Gasteiger partial charge in [0.15, 0.2) is 5.82 Å². The van der Waals surface area contributed by atoms with Crippen LogP contribution in [0.15, 0.2) is 42.6 Å². The van der Waals surface area contributed by atoms with Crippen molar-refractivity contribution in [2.75, 3.05) is 44.8 Å². The first kappa shape index (κ1) is 20.7. The molecule has 0 N–H and O–H groups in total. The number of benzene rings is 1. The minimum atomic E-state index is -0.110. The van der Waals surface area contributed by atoms with E-state index in [4.69, 9.17) is 16.3 Å². The number of tetrazole rings is 1. The van der Waals surface area contributed by atoms with Crippen LogP contribution in [0.5, 0.6) is 0 Å². The number of hydrogen-bond donors (Lipinski definition) is 0. The Morgan fingerprint density at radius 1 is 1.13 bits per heavy atom. The molecule has 0 bridgehead atoms. The van der Waals surface area contributed by atoms with Gasteiger partial charge in [0.1, 0.15) is 6.04 Å². The third kappa shape index (κ3) is 4.45. The van der Waals surface area contributed by atoms with E-state index in [0.717, 1.165) is 42.7 Å². The fourth-order valence-corrected chi connectivity index (χ4v) is 4.08. The molecule has 1 fully saturated rings. The van der Waals surface area contributed by atoms with Crippen molar-refractivity contribution < 1.29 is 4.74 Å². The monoisotopic (exact) mass is 427 g/mol. The summed E-state index contributed by atoms with van der Waals surface area (Å²) in [6.07, 6.45) is 1.82. The van der Waals surface area contributed by atoms with Gasteiger partial charge in [0.2, 0.25) is 0 Å². The van der Waals surface area contributed by atoms with Crippen LogP contribution in [0.3, 0.4) is 0 Å². The molecule has 0 saturated carbocycles. The number of rotatable bonds is 7. The highest BCUT2D eigenvalue weighted by molar-refractivity contribution is 6.30. The number of methoxy groups -OCH3 is 1. The van der Waals surface area contributed by atoms with Gasteiger partial charge in [-0.15, -0.1) is 5.10 Å². The summed E-state index contributed by atoms with van der Waals surface area (Å²) in [5, 5.41) is 13.2. The second-order valence-corrected chi connectivity index (χ2v) is 7.80. The summed E-state index contributed by atoms with van der Waals surface area (Å²) >= 11 is 6.24. The number of nitrogens with zero attached hydrogens (tertiary/aromatic N) is 7. The maximum atomic E-state index is 6.24. The largest absolute Gasteiger partial charge is 0.383 e. The lowest BCUT2D eigenvalue weighted by Gasteiger charge is -2.40. The molecular formula is C21H26ClN7O. The smallest absolute Gasteiger partial charge is 0.174 e. The lowest BCUT2D eigenvalue weighted by atomic mass is 10.1. The highest BCUT2D eigenvalue weighted by Gasteiger charge is 2.31. The first-order valence-corrected chi connectivity index (χ1v) is 10.5. The Morgan fingerprint density at radius 2 is 1.97 bits per heavy atom. The van der Waals surface area contributed by atoms with Gasteiger partial charge in [-0.05, 0) is 47.2 Å². The van der Waals surface area contributed by atoms with Gasteiger partial charge in [0.25, 0.3) is 0 Å². The molecule has 158 valence electrons. The van der Waals surface area contributed by atoms with E-state index in [1.807, 2.05) is 41.2 Å². The molecule has 1 atom stereocenters. The van der Waals surface area contributed by atoms with Crippen molar-refractivity contribution in [2.45, 2.75) is 19.5 Å². The quantitative estimate of drug-likeness (QED) is 0.573. The summed E-state index contributed by atoms with van der Waals surface area (Å²) in [5.41, 5.74) is 3.37. The van der Waals surface area contributed by atoms with Crippen LogP contribution in [0.4, 0.5) is 5.69 Å². The lowest BCUT2D eigenvalue weighted by Crippen LogP contribution is -2.48. The first-order valence-electron chi connectivity index (χ1n) is 10.1. The summed E-state index contributed by atoms with van der Waals surface area (Å²) in [7, 11) is 1.68. The van der Waals surface area contributed by atoms with Gasteiger partial charge < -0.3 is 9.64 Å². The zero-order chi connectivity index (χ0) is 20.9. The topological polar surface area (TPSA) is 72.2 Å². The van der Waals surface area contributed by atoms with E-state index >= 15 is 0 Å². The van der Waals surface area contributed by atoms with E-state index in [2.05, 4.69) is 43.3 Å². The highest BCUT2D eigenvalue weighted by atomic mass is 35.5. The number of hydrogen-bond acceptors (Lipinski definition) is 7. The molecule has 1 aliphatic rings. The van der Waals surface area contributed by atoms with Crippen molar-refractivity contribution in [2.24, 2.45) is 0 Å². The van der Waals surface area contributed by atoms with Gasteiger partial charge in [0.05, 0.1) is 18.8 Å². The molecular weight excluding hydrogens is 402 g/mol. The lowest BCUT2D eigenvalue weighted by molar-refractivity contribution is 0.171. The van der Waals surface area contributed by atoms with Crippen LogP contribution in [0.25, 0.3) is 0 Å². The fraction of sp³-hybridized carbons (Fsp3) is 0.429. The maximum absolute atomic E-state index is 6.24. The summed E-state index contributed by atoms with van der Waals surface area (Å²) in [6.45, 7) is 6.79. The van der Waals surface area contributed by atoms with Gasteiger partial charge in [0, 0.05) is 50.2 Å². The number of halogens is 1. The molecule has 4 rings (SSSR count). The van der Waals surface area contributed by atoms with Crippen molar-refractivity contribution in [3.63, 3.8) is 0 Å². The van der Waals surface area contributed by atoms with E-state index in [9.17, 15) is 0 Å². The van der Waals surface area contributed by atoms with Gasteiger partial charge in [-0.2, -0.15) is 0 Å². The predicted molar refractivity (Wildman–Crippen MR) is 116 cm³/mol. The van der Waals surface area contributed by atoms with Crippen molar-refractivity contribution in [1.82, 2.24) is 30.1 Å². The third-order valence-electron chi connectivity index (χ3n) is 5.47. The molecule has 0 radical (unpaired) electrons.